The molecule has 2 aromatic carbocycles. The quantitative estimate of drug-likeness (QED) is 0.354. The summed E-state index contributed by atoms with van der Waals surface area (Å²) < 4.78 is 15.6. The van der Waals surface area contributed by atoms with Crippen molar-refractivity contribution in [3.05, 3.63) is 68.4 Å². The molecule has 0 radical (unpaired) electrons. The zero-order valence-electron chi connectivity index (χ0n) is 13.0. The Bertz CT molecular complexity index is 1010. The molecule has 2 heterocycles. The van der Waals surface area contributed by atoms with Gasteiger partial charge in [0.15, 0.2) is 17.2 Å². The van der Waals surface area contributed by atoms with Gasteiger partial charge in [-0.1, -0.05) is 17.7 Å². The molecule has 0 saturated heterocycles. The number of aliphatic imine (C=N–C) groups is 1. The third-order valence-electron chi connectivity index (χ3n) is 3.71. The topological polar surface area (TPSA) is 100 Å². The van der Waals surface area contributed by atoms with E-state index in [-0.39, 0.29) is 34.7 Å². The zero-order chi connectivity index (χ0) is 18.3. The van der Waals surface area contributed by atoms with E-state index in [0.717, 1.165) is 0 Å². The summed E-state index contributed by atoms with van der Waals surface area (Å²) >= 11 is 6.06. The number of cyclic esters (lactones) is 1. The van der Waals surface area contributed by atoms with Gasteiger partial charge in [0, 0.05) is 12.1 Å². The van der Waals surface area contributed by atoms with E-state index < -0.39 is 10.9 Å². The molecule has 130 valence electrons. The van der Waals surface area contributed by atoms with Crippen molar-refractivity contribution in [1.82, 2.24) is 0 Å². The van der Waals surface area contributed by atoms with Gasteiger partial charge in [-0.3, -0.25) is 10.1 Å². The van der Waals surface area contributed by atoms with E-state index >= 15 is 0 Å². The summed E-state index contributed by atoms with van der Waals surface area (Å²) in [6, 6.07) is 8.98. The highest BCUT2D eigenvalue weighted by molar-refractivity contribution is 6.34. The van der Waals surface area contributed by atoms with Gasteiger partial charge in [-0.15, -0.1) is 0 Å². The van der Waals surface area contributed by atoms with Crippen LogP contribution < -0.4 is 9.47 Å². The molecule has 2 aliphatic rings. The molecule has 0 aliphatic carbocycles. The number of halogens is 1. The number of carbonyl (C=O) groups is 1. The van der Waals surface area contributed by atoms with E-state index in [1.807, 2.05) is 0 Å². The van der Waals surface area contributed by atoms with E-state index in [1.165, 1.54) is 24.3 Å². The van der Waals surface area contributed by atoms with Gasteiger partial charge in [0.25, 0.3) is 5.69 Å². The molecule has 0 amide bonds. The minimum atomic E-state index is -0.680. The molecule has 0 bridgehead atoms. The van der Waals surface area contributed by atoms with E-state index in [0.29, 0.717) is 17.1 Å². The maximum atomic E-state index is 12.1. The summed E-state index contributed by atoms with van der Waals surface area (Å²) in [6.45, 7) is 0.144. The van der Waals surface area contributed by atoms with Crippen molar-refractivity contribution >= 4 is 35.2 Å². The number of carbonyl (C=O) groups excluding carboxylic acids is 1. The number of non-ortho nitro benzene ring substituents is 1. The second-order valence-electron chi connectivity index (χ2n) is 5.37. The molecule has 0 atom stereocenters. The molecule has 0 spiro atoms. The molecule has 2 aliphatic heterocycles. The Morgan fingerprint density at radius 1 is 1.15 bits per heavy atom. The third kappa shape index (κ3) is 2.86. The van der Waals surface area contributed by atoms with Crippen molar-refractivity contribution in [1.29, 1.82) is 0 Å². The highest BCUT2D eigenvalue weighted by Crippen LogP contribution is 2.34. The van der Waals surface area contributed by atoms with Crippen molar-refractivity contribution in [2.24, 2.45) is 4.99 Å². The predicted octanol–water partition coefficient (Wildman–Crippen LogP) is 3.32. The summed E-state index contributed by atoms with van der Waals surface area (Å²) in [5.74, 6) is 0.418. The molecule has 0 N–H and O–H groups in total. The molecular formula is C17H9ClN2O6. The second kappa shape index (κ2) is 6.16. The summed E-state index contributed by atoms with van der Waals surface area (Å²) in [6.07, 6.45) is 1.52. The standard InChI is InChI=1S/C17H9ClN2O6/c18-12-3-2-10(20(22)23)7-11(12)16-19-13(17(21)26-16)5-9-1-4-14-15(6-9)25-8-24-14/h1-7H,8H2/b13-5-. The molecular weight excluding hydrogens is 364 g/mol. The molecule has 26 heavy (non-hydrogen) atoms. The van der Waals surface area contributed by atoms with Gasteiger partial charge in [-0.05, 0) is 29.8 Å². The molecule has 0 unspecified atom stereocenters. The number of nitrogens with zero attached hydrogens (tertiary/aromatic N) is 2. The second-order valence-corrected chi connectivity index (χ2v) is 5.78. The average molecular weight is 373 g/mol. The Kier molecular flexibility index (Phi) is 3.81. The first-order valence-electron chi connectivity index (χ1n) is 7.38. The Morgan fingerprint density at radius 3 is 2.77 bits per heavy atom. The lowest BCUT2D eigenvalue weighted by atomic mass is 10.1. The molecule has 0 fully saturated rings. The lowest BCUT2D eigenvalue weighted by molar-refractivity contribution is -0.384. The fourth-order valence-electron chi connectivity index (χ4n) is 2.48. The Hall–Kier alpha value is -3.39. The number of nitro benzene ring substituents is 1. The number of ether oxygens (including phenoxy) is 3. The first-order valence-corrected chi connectivity index (χ1v) is 7.75. The summed E-state index contributed by atoms with van der Waals surface area (Å²) in [7, 11) is 0. The van der Waals surface area contributed by atoms with Crippen molar-refractivity contribution in [2.45, 2.75) is 0 Å². The fourth-order valence-corrected chi connectivity index (χ4v) is 2.67. The minimum Gasteiger partial charge on any atom is -0.454 e. The lowest BCUT2D eigenvalue weighted by Gasteiger charge is -2.02. The van der Waals surface area contributed by atoms with Gasteiger partial charge < -0.3 is 14.2 Å². The summed E-state index contributed by atoms with van der Waals surface area (Å²) in [5.41, 5.74) is 0.692. The van der Waals surface area contributed by atoms with Gasteiger partial charge in [0.05, 0.1) is 15.5 Å². The number of benzene rings is 2. The van der Waals surface area contributed by atoms with Gasteiger partial charge in [-0.2, -0.15) is 0 Å². The smallest absolute Gasteiger partial charge is 0.363 e. The van der Waals surface area contributed by atoms with E-state index in [1.54, 1.807) is 18.2 Å². The zero-order valence-corrected chi connectivity index (χ0v) is 13.7. The van der Waals surface area contributed by atoms with Crippen molar-refractivity contribution in [3.63, 3.8) is 0 Å². The van der Waals surface area contributed by atoms with Crippen LogP contribution >= 0.6 is 11.6 Å². The van der Waals surface area contributed by atoms with Crippen LogP contribution in [0.4, 0.5) is 5.69 Å². The third-order valence-corrected chi connectivity index (χ3v) is 4.04. The number of hydrogen-bond donors (Lipinski definition) is 0. The van der Waals surface area contributed by atoms with Crippen LogP contribution in [0.1, 0.15) is 11.1 Å². The Morgan fingerprint density at radius 2 is 1.96 bits per heavy atom. The number of hydrogen-bond acceptors (Lipinski definition) is 7. The predicted molar refractivity (Wildman–Crippen MR) is 91.3 cm³/mol. The van der Waals surface area contributed by atoms with Gasteiger partial charge in [0.1, 0.15) is 0 Å². The fraction of sp³-hybridized carbons (Fsp3) is 0.0588. The summed E-state index contributed by atoms with van der Waals surface area (Å²) in [5, 5.41) is 11.1. The van der Waals surface area contributed by atoms with Crippen molar-refractivity contribution in [3.8, 4) is 11.5 Å². The Labute approximate surface area is 151 Å². The first-order chi connectivity index (χ1) is 12.5. The van der Waals surface area contributed by atoms with E-state index in [9.17, 15) is 14.9 Å². The van der Waals surface area contributed by atoms with Crippen LogP contribution in [0, 0.1) is 10.1 Å². The van der Waals surface area contributed by atoms with Crippen LogP contribution in [0.3, 0.4) is 0 Å². The molecule has 2 aromatic rings. The van der Waals surface area contributed by atoms with Crippen LogP contribution in [0.15, 0.2) is 47.1 Å². The van der Waals surface area contributed by atoms with Crippen LogP contribution in [-0.2, 0) is 9.53 Å². The number of esters is 1. The summed E-state index contributed by atoms with van der Waals surface area (Å²) in [4.78, 5) is 26.6. The van der Waals surface area contributed by atoms with Gasteiger partial charge >= 0.3 is 5.97 Å². The van der Waals surface area contributed by atoms with Gasteiger partial charge in [-0.25, -0.2) is 9.79 Å². The maximum absolute atomic E-state index is 12.1. The highest BCUT2D eigenvalue weighted by atomic mass is 35.5. The molecule has 4 rings (SSSR count). The van der Waals surface area contributed by atoms with Crippen LogP contribution in [-0.4, -0.2) is 23.6 Å². The molecule has 0 saturated carbocycles. The number of nitro groups is 1. The van der Waals surface area contributed by atoms with E-state index in [2.05, 4.69) is 4.99 Å². The molecule has 8 nitrogen and oxygen atoms in total. The first kappa shape index (κ1) is 16.1. The maximum Gasteiger partial charge on any atom is 0.363 e. The van der Waals surface area contributed by atoms with Crippen molar-refractivity contribution in [2.75, 3.05) is 6.79 Å². The number of rotatable bonds is 3. The number of fused-ring (bicyclic) bond motifs is 1. The van der Waals surface area contributed by atoms with Gasteiger partial charge in [0.2, 0.25) is 12.7 Å². The normalized spacial score (nSPS) is 16.6. The Balaban J connectivity index is 1.70. The monoisotopic (exact) mass is 372 g/mol. The minimum absolute atomic E-state index is 0.0430. The SMILES string of the molecule is O=C1OC(c2cc([N+](=O)[O-])ccc2Cl)=N/C1=C\c1ccc2c(c1)OCO2. The lowest BCUT2D eigenvalue weighted by Crippen LogP contribution is -2.06. The highest BCUT2D eigenvalue weighted by Gasteiger charge is 2.27. The van der Waals surface area contributed by atoms with Crippen LogP contribution in [0.25, 0.3) is 6.08 Å². The van der Waals surface area contributed by atoms with E-state index in [4.69, 9.17) is 25.8 Å². The average Bonchev–Trinajstić information content (AvgIpc) is 3.21. The molecule has 9 heteroatoms. The van der Waals surface area contributed by atoms with Crippen LogP contribution in [0.2, 0.25) is 5.02 Å². The van der Waals surface area contributed by atoms with Crippen molar-refractivity contribution < 1.29 is 23.9 Å². The molecule has 0 aromatic heterocycles. The largest absolute Gasteiger partial charge is 0.454 e. The van der Waals surface area contributed by atoms with Crippen LogP contribution in [0.5, 0.6) is 11.5 Å².